The molecule has 5 nitrogen and oxygen atoms in total. The van der Waals surface area contributed by atoms with Gasteiger partial charge in [0.1, 0.15) is 23.6 Å². The number of hydrogen-bond acceptors (Lipinski definition) is 4. The summed E-state index contributed by atoms with van der Waals surface area (Å²) in [6.45, 7) is 1.96. The number of fused-ring (bicyclic) bond motifs is 1. The van der Waals surface area contributed by atoms with Crippen LogP contribution in [0, 0.1) is 12.7 Å². The quantitative estimate of drug-likeness (QED) is 0.599. The monoisotopic (exact) mass is 413 g/mol. The molecule has 0 unspecified atom stereocenters. The number of alkyl halides is 1. The second-order valence-electron chi connectivity index (χ2n) is 8.44. The van der Waals surface area contributed by atoms with E-state index in [1.807, 2.05) is 35.7 Å². The van der Waals surface area contributed by atoms with Crippen molar-refractivity contribution in [2.45, 2.75) is 62.8 Å². The van der Waals surface area contributed by atoms with Crippen LogP contribution >= 0.6 is 0 Å². The topological polar surface area (TPSA) is 48.7 Å². The number of aryl methyl sites for hydroxylation is 1. The van der Waals surface area contributed by atoms with E-state index in [1.165, 1.54) is 12.1 Å². The minimum Gasteiger partial charge on any atom is -0.490 e. The van der Waals surface area contributed by atoms with Crippen molar-refractivity contribution in [2.24, 2.45) is 0 Å². The molecular formula is C23H25F2N3O2. The van der Waals surface area contributed by atoms with Crippen LogP contribution in [-0.2, 0) is 10.3 Å². The predicted molar refractivity (Wildman–Crippen MR) is 108 cm³/mol. The van der Waals surface area contributed by atoms with Crippen molar-refractivity contribution in [2.75, 3.05) is 7.11 Å². The Labute approximate surface area is 174 Å². The van der Waals surface area contributed by atoms with E-state index in [0.29, 0.717) is 12.2 Å². The zero-order valence-corrected chi connectivity index (χ0v) is 17.1. The van der Waals surface area contributed by atoms with Gasteiger partial charge in [-0.2, -0.15) is 0 Å². The smallest absolute Gasteiger partial charge is 0.167 e. The molecule has 2 aromatic heterocycles. The van der Waals surface area contributed by atoms with Crippen molar-refractivity contribution in [3.63, 3.8) is 0 Å². The number of pyridine rings is 1. The molecule has 2 fully saturated rings. The summed E-state index contributed by atoms with van der Waals surface area (Å²) in [5.41, 5.74) is 2.23. The number of methoxy groups -OCH3 is 1. The van der Waals surface area contributed by atoms with Gasteiger partial charge in [0.15, 0.2) is 5.65 Å². The molecule has 0 amide bonds. The fourth-order valence-corrected chi connectivity index (χ4v) is 4.61. The molecule has 2 atom stereocenters. The van der Waals surface area contributed by atoms with Gasteiger partial charge in [-0.15, -0.1) is 10.2 Å². The van der Waals surface area contributed by atoms with E-state index in [9.17, 15) is 8.78 Å². The Kier molecular flexibility index (Phi) is 4.73. The van der Waals surface area contributed by atoms with E-state index < -0.39 is 11.8 Å². The van der Waals surface area contributed by atoms with E-state index in [2.05, 4.69) is 10.2 Å². The van der Waals surface area contributed by atoms with Gasteiger partial charge in [0.25, 0.3) is 0 Å². The average Bonchev–Trinajstić information content (AvgIpc) is 3.32. The number of rotatable bonds is 5. The zero-order valence-electron chi connectivity index (χ0n) is 17.1. The highest BCUT2D eigenvalue weighted by Crippen LogP contribution is 2.44. The summed E-state index contributed by atoms with van der Waals surface area (Å²) in [4.78, 5) is 0. The number of ether oxygens (including phenoxy) is 2. The van der Waals surface area contributed by atoms with E-state index in [-0.39, 0.29) is 17.8 Å². The molecule has 0 aliphatic heterocycles. The minimum atomic E-state index is -0.807. The Morgan fingerprint density at radius 3 is 2.43 bits per heavy atom. The molecule has 0 saturated heterocycles. The first-order valence-corrected chi connectivity index (χ1v) is 10.5. The predicted octanol–water partition coefficient (Wildman–Crippen LogP) is 4.87. The molecule has 0 spiro atoms. The molecule has 0 N–H and O–H groups in total. The second-order valence-corrected chi connectivity index (χ2v) is 8.44. The molecule has 30 heavy (non-hydrogen) atoms. The SMILES string of the molecule is CO[C@]1(c2ccc(F)cc2)CC[C@H](Oc2ccn3c([C@@H]4C[C@H]4F)nnc3c2C)CC1. The molecule has 158 valence electrons. The van der Waals surface area contributed by atoms with Gasteiger partial charge in [0, 0.05) is 18.9 Å². The van der Waals surface area contributed by atoms with E-state index in [4.69, 9.17) is 9.47 Å². The van der Waals surface area contributed by atoms with Gasteiger partial charge in [-0.25, -0.2) is 8.78 Å². The van der Waals surface area contributed by atoms with Gasteiger partial charge >= 0.3 is 0 Å². The molecule has 0 radical (unpaired) electrons. The Bertz CT molecular complexity index is 1060. The van der Waals surface area contributed by atoms with Gasteiger partial charge < -0.3 is 9.47 Å². The molecular weight excluding hydrogens is 388 g/mol. The Morgan fingerprint density at radius 2 is 1.80 bits per heavy atom. The number of hydrogen-bond donors (Lipinski definition) is 0. The van der Waals surface area contributed by atoms with Gasteiger partial charge in [-0.3, -0.25) is 4.40 Å². The summed E-state index contributed by atoms with van der Waals surface area (Å²) in [6.07, 6.45) is 4.92. The molecule has 2 saturated carbocycles. The molecule has 0 bridgehead atoms. The Hall–Kier alpha value is -2.54. The van der Waals surface area contributed by atoms with Crippen molar-refractivity contribution < 1.29 is 18.3 Å². The highest BCUT2D eigenvalue weighted by Gasteiger charge is 2.42. The second kappa shape index (κ2) is 7.30. The van der Waals surface area contributed by atoms with Crippen LogP contribution in [0.4, 0.5) is 8.78 Å². The third-order valence-corrected chi connectivity index (χ3v) is 6.64. The van der Waals surface area contributed by atoms with Crippen LogP contribution in [0.3, 0.4) is 0 Å². The maximum Gasteiger partial charge on any atom is 0.167 e. The first-order valence-electron chi connectivity index (χ1n) is 10.5. The Morgan fingerprint density at radius 1 is 1.10 bits per heavy atom. The zero-order chi connectivity index (χ0) is 20.9. The number of halogens is 2. The highest BCUT2D eigenvalue weighted by atomic mass is 19.1. The molecule has 7 heteroatoms. The van der Waals surface area contributed by atoms with Gasteiger partial charge in [0.2, 0.25) is 0 Å². The molecule has 2 aliphatic rings. The third-order valence-electron chi connectivity index (χ3n) is 6.64. The van der Waals surface area contributed by atoms with Crippen LogP contribution in [0.2, 0.25) is 0 Å². The van der Waals surface area contributed by atoms with E-state index >= 15 is 0 Å². The standard InChI is InChI=1S/C23H25F2N3O2/c1-14-20(9-12-28-21(14)26-27-22(28)18-13-19(18)25)30-17-7-10-23(29-2,11-8-17)15-3-5-16(24)6-4-15/h3-6,9,12,17-19H,7-8,10-11,13H2,1-2H3/t17-,18-,19-,23+/m1/s1. The van der Waals surface area contributed by atoms with Crippen LogP contribution < -0.4 is 4.74 Å². The van der Waals surface area contributed by atoms with Gasteiger partial charge in [0.05, 0.1) is 17.6 Å². The summed E-state index contributed by atoms with van der Waals surface area (Å²) < 4.78 is 40.9. The normalized spacial score (nSPS) is 28.6. The maximum atomic E-state index is 13.5. The summed E-state index contributed by atoms with van der Waals surface area (Å²) in [5.74, 6) is 1.09. The van der Waals surface area contributed by atoms with E-state index in [0.717, 1.165) is 48.2 Å². The van der Waals surface area contributed by atoms with Crippen molar-refractivity contribution in [1.82, 2.24) is 14.6 Å². The van der Waals surface area contributed by atoms with Crippen molar-refractivity contribution >= 4 is 5.65 Å². The van der Waals surface area contributed by atoms with Crippen LogP contribution in [-0.4, -0.2) is 34.0 Å². The van der Waals surface area contributed by atoms with Gasteiger partial charge in [-0.05, 0) is 62.8 Å². The number of nitrogens with zero attached hydrogens (tertiary/aromatic N) is 3. The molecule has 5 rings (SSSR count). The average molecular weight is 413 g/mol. The van der Waals surface area contributed by atoms with E-state index in [1.54, 1.807) is 7.11 Å². The fraction of sp³-hybridized carbons (Fsp3) is 0.478. The number of benzene rings is 1. The lowest BCUT2D eigenvalue weighted by atomic mass is 9.78. The lowest BCUT2D eigenvalue weighted by Gasteiger charge is -2.39. The largest absolute Gasteiger partial charge is 0.490 e. The molecule has 2 aliphatic carbocycles. The third kappa shape index (κ3) is 3.25. The summed E-state index contributed by atoms with van der Waals surface area (Å²) in [6, 6.07) is 8.50. The summed E-state index contributed by atoms with van der Waals surface area (Å²) >= 11 is 0. The van der Waals surface area contributed by atoms with Crippen LogP contribution in [0.1, 0.15) is 55.0 Å². The summed E-state index contributed by atoms with van der Waals surface area (Å²) in [7, 11) is 1.72. The molecule has 1 aromatic carbocycles. The lowest BCUT2D eigenvalue weighted by molar-refractivity contribution is -0.0650. The first kappa shape index (κ1) is 19.4. The maximum absolute atomic E-state index is 13.5. The highest BCUT2D eigenvalue weighted by molar-refractivity contribution is 5.54. The summed E-state index contributed by atoms with van der Waals surface area (Å²) in [5, 5.41) is 8.47. The number of aromatic nitrogens is 3. The molecule has 3 aromatic rings. The van der Waals surface area contributed by atoms with Crippen LogP contribution in [0.25, 0.3) is 5.65 Å². The van der Waals surface area contributed by atoms with Crippen molar-refractivity contribution in [3.05, 3.63) is 59.3 Å². The first-order chi connectivity index (χ1) is 14.5. The van der Waals surface area contributed by atoms with Crippen molar-refractivity contribution in [1.29, 1.82) is 0 Å². The van der Waals surface area contributed by atoms with Crippen molar-refractivity contribution in [3.8, 4) is 5.75 Å². The fourth-order valence-electron chi connectivity index (χ4n) is 4.61. The van der Waals surface area contributed by atoms with Gasteiger partial charge in [-0.1, -0.05) is 12.1 Å². The van der Waals surface area contributed by atoms with Crippen LogP contribution in [0.5, 0.6) is 5.75 Å². The van der Waals surface area contributed by atoms with Crippen LogP contribution in [0.15, 0.2) is 36.5 Å². The lowest BCUT2D eigenvalue weighted by Crippen LogP contribution is -2.37. The Balaban J connectivity index is 1.31. The minimum absolute atomic E-state index is 0.0657. The molecule has 2 heterocycles.